The average molecular weight is 456 g/mol. The SMILES string of the molecule is COc1cc(OC)c(OC)cc1CNC(=O)CN1CCC(c2nc3ccccc3s2)CC1. The van der Waals surface area contributed by atoms with Crippen LogP contribution in [-0.4, -0.2) is 56.8 Å². The molecule has 1 amide bonds. The van der Waals surface area contributed by atoms with Gasteiger partial charge in [-0.3, -0.25) is 9.69 Å². The zero-order valence-corrected chi connectivity index (χ0v) is 19.5. The first kappa shape index (κ1) is 22.4. The first-order chi connectivity index (χ1) is 15.6. The van der Waals surface area contributed by atoms with Gasteiger partial charge in [-0.1, -0.05) is 12.1 Å². The fraction of sp³-hybridized carbons (Fsp3) is 0.417. The van der Waals surface area contributed by atoms with E-state index >= 15 is 0 Å². The molecule has 0 bridgehead atoms. The Kier molecular flexibility index (Phi) is 7.12. The predicted octanol–water partition coefficient (Wildman–Crippen LogP) is 3.82. The van der Waals surface area contributed by atoms with Crippen molar-refractivity contribution in [2.75, 3.05) is 41.0 Å². The number of fused-ring (bicyclic) bond motifs is 1. The molecule has 1 N–H and O–H groups in total. The number of thiazole rings is 1. The van der Waals surface area contributed by atoms with Gasteiger partial charge < -0.3 is 19.5 Å². The van der Waals surface area contributed by atoms with E-state index in [0.717, 1.165) is 37.0 Å². The second-order valence-electron chi connectivity index (χ2n) is 7.87. The number of ether oxygens (including phenoxy) is 3. The Hall–Kier alpha value is -2.84. The van der Waals surface area contributed by atoms with Gasteiger partial charge in [0.15, 0.2) is 11.5 Å². The number of carbonyl (C=O) groups is 1. The molecule has 0 aliphatic carbocycles. The minimum absolute atomic E-state index is 0.000255. The van der Waals surface area contributed by atoms with Crippen LogP contribution in [0.1, 0.15) is 29.3 Å². The zero-order chi connectivity index (χ0) is 22.5. The monoisotopic (exact) mass is 455 g/mol. The van der Waals surface area contributed by atoms with Crippen molar-refractivity contribution in [3.63, 3.8) is 0 Å². The van der Waals surface area contributed by atoms with Gasteiger partial charge in [0.2, 0.25) is 5.91 Å². The molecule has 1 aliphatic rings. The van der Waals surface area contributed by atoms with E-state index in [1.54, 1.807) is 38.7 Å². The van der Waals surface area contributed by atoms with Crippen molar-refractivity contribution in [2.45, 2.75) is 25.3 Å². The number of aromatic nitrogens is 1. The number of methoxy groups -OCH3 is 3. The number of carbonyl (C=O) groups excluding carboxylic acids is 1. The molecule has 32 heavy (non-hydrogen) atoms. The molecular weight excluding hydrogens is 426 g/mol. The molecule has 1 aliphatic heterocycles. The number of hydrogen-bond acceptors (Lipinski definition) is 7. The zero-order valence-electron chi connectivity index (χ0n) is 18.7. The summed E-state index contributed by atoms with van der Waals surface area (Å²) in [7, 11) is 4.77. The van der Waals surface area contributed by atoms with Crippen LogP contribution < -0.4 is 19.5 Å². The number of nitrogens with zero attached hydrogens (tertiary/aromatic N) is 2. The highest BCUT2D eigenvalue weighted by molar-refractivity contribution is 7.18. The molecule has 1 saturated heterocycles. The van der Waals surface area contributed by atoms with E-state index in [9.17, 15) is 4.79 Å². The van der Waals surface area contributed by atoms with Crippen molar-refractivity contribution in [2.24, 2.45) is 0 Å². The molecule has 1 fully saturated rings. The Morgan fingerprint density at radius 3 is 2.44 bits per heavy atom. The van der Waals surface area contributed by atoms with Crippen molar-refractivity contribution in [1.29, 1.82) is 0 Å². The lowest BCUT2D eigenvalue weighted by atomic mass is 9.97. The first-order valence-corrected chi connectivity index (χ1v) is 11.6. The molecule has 0 atom stereocenters. The van der Waals surface area contributed by atoms with Gasteiger partial charge in [0.05, 0.1) is 43.1 Å². The van der Waals surface area contributed by atoms with E-state index in [2.05, 4.69) is 28.4 Å². The molecule has 4 rings (SSSR count). The first-order valence-electron chi connectivity index (χ1n) is 10.7. The lowest BCUT2D eigenvalue weighted by molar-refractivity contribution is -0.122. The summed E-state index contributed by atoms with van der Waals surface area (Å²) in [6, 6.07) is 11.9. The maximum Gasteiger partial charge on any atom is 0.234 e. The summed E-state index contributed by atoms with van der Waals surface area (Å²) in [4.78, 5) is 19.6. The number of benzene rings is 2. The molecule has 0 spiro atoms. The smallest absolute Gasteiger partial charge is 0.234 e. The van der Waals surface area contributed by atoms with Gasteiger partial charge in [-0.2, -0.15) is 0 Å². The van der Waals surface area contributed by atoms with Crippen LogP contribution in [0.25, 0.3) is 10.2 Å². The van der Waals surface area contributed by atoms with Crippen LogP contribution in [0.15, 0.2) is 36.4 Å². The van der Waals surface area contributed by atoms with Gasteiger partial charge in [-0.25, -0.2) is 4.98 Å². The molecule has 7 nitrogen and oxygen atoms in total. The summed E-state index contributed by atoms with van der Waals surface area (Å²) in [5, 5.41) is 4.22. The van der Waals surface area contributed by atoms with Gasteiger partial charge in [0, 0.05) is 24.1 Å². The second kappa shape index (κ2) is 10.2. The van der Waals surface area contributed by atoms with Crippen molar-refractivity contribution >= 4 is 27.5 Å². The second-order valence-corrected chi connectivity index (χ2v) is 8.93. The molecular formula is C24H29N3O4S. The summed E-state index contributed by atoms with van der Waals surface area (Å²) >= 11 is 1.79. The molecule has 3 aromatic rings. The lowest BCUT2D eigenvalue weighted by Gasteiger charge is -2.30. The summed E-state index contributed by atoms with van der Waals surface area (Å²) in [5.74, 6) is 2.33. The van der Waals surface area contributed by atoms with Crippen molar-refractivity contribution in [3.05, 3.63) is 47.0 Å². The minimum atomic E-state index is 0.000255. The van der Waals surface area contributed by atoms with E-state index < -0.39 is 0 Å². The van der Waals surface area contributed by atoms with Crippen LogP contribution in [0.2, 0.25) is 0 Å². The van der Waals surface area contributed by atoms with Crippen molar-refractivity contribution in [1.82, 2.24) is 15.2 Å². The Labute approximate surface area is 192 Å². The van der Waals surface area contributed by atoms with Crippen LogP contribution in [0, 0.1) is 0 Å². The highest BCUT2D eigenvalue weighted by atomic mass is 32.1. The third-order valence-electron chi connectivity index (χ3n) is 5.88. The Morgan fingerprint density at radius 2 is 1.75 bits per heavy atom. The van der Waals surface area contributed by atoms with Gasteiger partial charge in [0.1, 0.15) is 5.75 Å². The van der Waals surface area contributed by atoms with Crippen LogP contribution in [-0.2, 0) is 11.3 Å². The van der Waals surface area contributed by atoms with Crippen molar-refractivity contribution in [3.8, 4) is 17.2 Å². The standard InChI is InChI=1S/C24H29N3O4S/c1-29-19-13-21(31-3)20(30-2)12-17(19)14-25-23(28)15-27-10-8-16(9-11-27)24-26-18-6-4-5-7-22(18)32-24/h4-7,12-13,16H,8-11,14-15H2,1-3H3,(H,25,28). The highest BCUT2D eigenvalue weighted by Gasteiger charge is 2.24. The van der Waals surface area contributed by atoms with Crippen LogP contribution in [0.5, 0.6) is 17.2 Å². The van der Waals surface area contributed by atoms with Gasteiger partial charge in [0.25, 0.3) is 0 Å². The number of hydrogen-bond donors (Lipinski definition) is 1. The van der Waals surface area contributed by atoms with E-state index in [4.69, 9.17) is 19.2 Å². The molecule has 1 aromatic heterocycles. The van der Waals surface area contributed by atoms with Crippen LogP contribution in [0.4, 0.5) is 0 Å². The predicted molar refractivity (Wildman–Crippen MR) is 126 cm³/mol. The van der Waals surface area contributed by atoms with Gasteiger partial charge in [-0.05, 0) is 44.1 Å². The number of nitrogens with one attached hydrogen (secondary N) is 1. The Bertz CT molecular complexity index is 1040. The average Bonchev–Trinajstić information content (AvgIpc) is 3.27. The number of piperidine rings is 1. The Balaban J connectivity index is 1.29. The van der Waals surface area contributed by atoms with Gasteiger partial charge in [-0.15, -0.1) is 11.3 Å². The third-order valence-corrected chi connectivity index (χ3v) is 7.08. The molecule has 2 heterocycles. The maximum absolute atomic E-state index is 12.6. The number of para-hydroxylation sites is 1. The normalized spacial score (nSPS) is 15.0. The molecule has 2 aromatic carbocycles. The molecule has 0 radical (unpaired) electrons. The van der Waals surface area contributed by atoms with Crippen molar-refractivity contribution < 1.29 is 19.0 Å². The topological polar surface area (TPSA) is 72.9 Å². The number of amides is 1. The minimum Gasteiger partial charge on any atom is -0.496 e. The summed E-state index contributed by atoms with van der Waals surface area (Å²) in [6.07, 6.45) is 2.05. The summed E-state index contributed by atoms with van der Waals surface area (Å²) < 4.78 is 17.4. The quantitative estimate of drug-likeness (QED) is 0.557. The van der Waals surface area contributed by atoms with E-state index in [0.29, 0.717) is 36.3 Å². The number of rotatable bonds is 8. The largest absolute Gasteiger partial charge is 0.496 e. The highest BCUT2D eigenvalue weighted by Crippen LogP contribution is 2.35. The lowest BCUT2D eigenvalue weighted by Crippen LogP contribution is -2.41. The molecule has 0 saturated carbocycles. The fourth-order valence-corrected chi connectivity index (χ4v) is 5.22. The third kappa shape index (κ3) is 4.97. The number of likely N-dealkylation sites (tertiary alicyclic amines) is 1. The van der Waals surface area contributed by atoms with E-state index in [1.807, 2.05) is 12.1 Å². The fourth-order valence-electron chi connectivity index (χ4n) is 4.09. The van der Waals surface area contributed by atoms with Crippen LogP contribution >= 0.6 is 11.3 Å². The van der Waals surface area contributed by atoms with Crippen LogP contribution in [0.3, 0.4) is 0 Å². The maximum atomic E-state index is 12.6. The van der Waals surface area contributed by atoms with E-state index in [-0.39, 0.29) is 5.91 Å². The van der Waals surface area contributed by atoms with Gasteiger partial charge >= 0.3 is 0 Å². The molecule has 0 unspecified atom stereocenters. The summed E-state index contributed by atoms with van der Waals surface area (Å²) in [5.41, 5.74) is 1.92. The Morgan fingerprint density at radius 1 is 1.06 bits per heavy atom. The van der Waals surface area contributed by atoms with E-state index in [1.165, 1.54) is 9.71 Å². The molecule has 170 valence electrons. The molecule has 8 heteroatoms. The summed E-state index contributed by atoms with van der Waals surface area (Å²) in [6.45, 7) is 2.55.